The van der Waals surface area contributed by atoms with E-state index in [4.69, 9.17) is 4.74 Å². The predicted octanol–water partition coefficient (Wildman–Crippen LogP) is 2.68. The molecule has 1 aromatic rings. The first-order valence-corrected chi connectivity index (χ1v) is 7.62. The van der Waals surface area contributed by atoms with Crippen molar-refractivity contribution in [3.05, 3.63) is 30.4 Å². The van der Waals surface area contributed by atoms with Gasteiger partial charge in [-0.25, -0.2) is 9.97 Å². The van der Waals surface area contributed by atoms with E-state index < -0.39 is 0 Å². The molecule has 1 fully saturated rings. The van der Waals surface area contributed by atoms with Crippen LogP contribution in [-0.2, 0) is 16.1 Å². The number of hydrogen-bond donors (Lipinski definition) is 1. The van der Waals surface area contributed by atoms with Crippen LogP contribution in [0.5, 0.6) is 0 Å². The first-order chi connectivity index (χ1) is 10.2. The average molecular weight is 289 g/mol. The minimum absolute atomic E-state index is 0.137. The molecule has 1 aromatic heterocycles. The Morgan fingerprint density at radius 2 is 2.19 bits per heavy atom. The largest absolute Gasteiger partial charge is 0.491 e. The van der Waals surface area contributed by atoms with E-state index in [0.29, 0.717) is 24.7 Å². The summed E-state index contributed by atoms with van der Waals surface area (Å²) in [7, 11) is 0. The van der Waals surface area contributed by atoms with Crippen molar-refractivity contribution in [1.82, 2.24) is 15.3 Å². The van der Waals surface area contributed by atoms with Gasteiger partial charge in [0.05, 0.1) is 18.8 Å². The minimum Gasteiger partial charge on any atom is -0.491 e. The summed E-state index contributed by atoms with van der Waals surface area (Å²) in [5.74, 6) is 1.23. The SMILES string of the molecule is C=C(OCC)c1nccc(CNC(=O)C2CCCCC2)n1. The van der Waals surface area contributed by atoms with Crippen molar-refractivity contribution in [2.24, 2.45) is 5.92 Å². The summed E-state index contributed by atoms with van der Waals surface area (Å²) < 4.78 is 5.30. The van der Waals surface area contributed by atoms with Crippen molar-refractivity contribution >= 4 is 11.7 Å². The summed E-state index contributed by atoms with van der Waals surface area (Å²) in [6.45, 7) is 6.63. The highest BCUT2D eigenvalue weighted by atomic mass is 16.5. The Morgan fingerprint density at radius 3 is 2.90 bits per heavy atom. The van der Waals surface area contributed by atoms with E-state index >= 15 is 0 Å². The Balaban J connectivity index is 1.89. The molecule has 0 aliphatic heterocycles. The lowest BCUT2D eigenvalue weighted by atomic mass is 9.89. The summed E-state index contributed by atoms with van der Waals surface area (Å²) >= 11 is 0. The van der Waals surface area contributed by atoms with Crippen LogP contribution in [0.2, 0.25) is 0 Å². The van der Waals surface area contributed by atoms with Gasteiger partial charge >= 0.3 is 0 Å². The van der Waals surface area contributed by atoms with Gasteiger partial charge in [0.1, 0.15) is 0 Å². The third kappa shape index (κ3) is 4.55. The molecule has 0 unspecified atom stereocenters. The Labute approximate surface area is 125 Å². The number of aromatic nitrogens is 2. The second-order valence-corrected chi connectivity index (χ2v) is 5.28. The summed E-state index contributed by atoms with van der Waals surface area (Å²) in [6.07, 6.45) is 7.23. The monoisotopic (exact) mass is 289 g/mol. The molecule has 0 atom stereocenters. The van der Waals surface area contributed by atoms with Crippen LogP contribution in [0.3, 0.4) is 0 Å². The van der Waals surface area contributed by atoms with E-state index in [-0.39, 0.29) is 11.8 Å². The van der Waals surface area contributed by atoms with Crippen LogP contribution < -0.4 is 5.32 Å². The molecule has 114 valence electrons. The first kappa shape index (κ1) is 15.5. The van der Waals surface area contributed by atoms with Crippen LogP contribution in [-0.4, -0.2) is 22.5 Å². The first-order valence-electron chi connectivity index (χ1n) is 7.62. The van der Waals surface area contributed by atoms with E-state index in [1.165, 1.54) is 6.42 Å². The fourth-order valence-electron chi connectivity index (χ4n) is 2.55. The fourth-order valence-corrected chi connectivity index (χ4v) is 2.55. The van der Waals surface area contributed by atoms with Gasteiger partial charge in [0, 0.05) is 12.1 Å². The van der Waals surface area contributed by atoms with Crippen LogP contribution in [0.4, 0.5) is 0 Å². The van der Waals surface area contributed by atoms with Crippen molar-refractivity contribution in [2.75, 3.05) is 6.61 Å². The van der Waals surface area contributed by atoms with Gasteiger partial charge in [-0.05, 0) is 25.8 Å². The zero-order chi connectivity index (χ0) is 15.1. The van der Waals surface area contributed by atoms with Crippen LogP contribution >= 0.6 is 0 Å². The van der Waals surface area contributed by atoms with E-state index in [9.17, 15) is 4.79 Å². The smallest absolute Gasteiger partial charge is 0.223 e. The van der Waals surface area contributed by atoms with Gasteiger partial charge in [0.25, 0.3) is 0 Å². The molecule has 0 bridgehead atoms. The second-order valence-electron chi connectivity index (χ2n) is 5.28. The van der Waals surface area contributed by atoms with Crippen LogP contribution in [0.25, 0.3) is 5.76 Å². The lowest BCUT2D eigenvalue weighted by Crippen LogP contribution is -2.31. The summed E-state index contributed by atoms with van der Waals surface area (Å²) in [6, 6.07) is 1.80. The molecular formula is C16H23N3O2. The van der Waals surface area contributed by atoms with Gasteiger partial charge in [-0.1, -0.05) is 25.8 Å². The molecule has 1 amide bonds. The maximum Gasteiger partial charge on any atom is 0.223 e. The maximum atomic E-state index is 12.1. The molecule has 1 aliphatic carbocycles. The number of nitrogens with zero attached hydrogens (tertiary/aromatic N) is 2. The van der Waals surface area contributed by atoms with E-state index in [0.717, 1.165) is 31.4 Å². The molecule has 1 saturated carbocycles. The standard InChI is InChI=1S/C16H23N3O2/c1-3-21-12(2)15-17-10-9-14(19-15)11-18-16(20)13-7-5-4-6-8-13/h9-10,13H,2-8,11H2,1H3,(H,18,20). The fraction of sp³-hybridized carbons (Fsp3) is 0.562. The van der Waals surface area contributed by atoms with Gasteiger partial charge < -0.3 is 10.1 Å². The molecule has 0 saturated heterocycles. The maximum absolute atomic E-state index is 12.1. The number of rotatable bonds is 6. The average Bonchev–Trinajstić information content (AvgIpc) is 2.54. The van der Waals surface area contributed by atoms with E-state index in [1.54, 1.807) is 12.3 Å². The zero-order valence-corrected chi connectivity index (χ0v) is 12.6. The normalized spacial score (nSPS) is 15.5. The van der Waals surface area contributed by atoms with Crippen molar-refractivity contribution < 1.29 is 9.53 Å². The third-order valence-electron chi connectivity index (χ3n) is 3.70. The molecule has 21 heavy (non-hydrogen) atoms. The number of hydrogen-bond acceptors (Lipinski definition) is 4. The summed E-state index contributed by atoms with van der Waals surface area (Å²) in [4.78, 5) is 20.6. The number of ether oxygens (including phenoxy) is 1. The van der Waals surface area contributed by atoms with Crippen LogP contribution in [0.15, 0.2) is 18.8 Å². The Morgan fingerprint density at radius 1 is 1.43 bits per heavy atom. The Hall–Kier alpha value is -1.91. The van der Waals surface area contributed by atoms with Crippen LogP contribution in [0, 0.1) is 5.92 Å². The summed E-state index contributed by atoms with van der Waals surface area (Å²) in [5.41, 5.74) is 0.769. The van der Waals surface area contributed by atoms with Gasteiger partial charge in [-0.15, -0.1) is 0 Å². The molecule has 1 heterocycles. The van der Waals surface area contributed by atoms with Gasteiger partial charge in [0.2, 0.25) is 5.91 Å². The number of amides is 1. The highest BCUT2D eigenvalue weighted by Crippen LogP contribution is 2.23. The lowest BCUT2D eigenvalue weighted by molar-refractivity contribution is -0.126. The second kappa shape index (κ2) is 7.76. The zero-order valence-electron chi connectivity index (χ0n) is 12.6. The van der Waals surface area contributed by atoms with Crippen molar-refractivity contribution in [3.8, 4) is 0 Å². The molecular weight excluding hydrogens is 266 g/mol. The van der Waals surface area contributed by atoms with Crippen molar-refractivity contribution in [3.63, 3.8) is 0 Å². The number of carbonyl (C=O) groups excluding carboxylic acids is 1. The molecule has 2 rings (SSSR count). The highest BCUT2D eigenvalue weighted by molar-refractivity contribution is 5.78. The highest BCUT2D eigenvalue weighted by Gasteiger charge is 2.20. The molecule has 1 N–H and O–H groups in total. The molecule has 5 nitrogen and oxygen atoms in total. The molecule has 0 aromatic carbocycles. The van der Waals surface area contributed by atoms with Gasteiger partial charge in [-0.3, -0.25) is 4.79 Å². The Kier molecular flexibility index (Phi) is 5.72. The van der Waals surface area contributed by atoms with E-state index in [1.807, 2.05) is 6.92 Å². The lowest BCUT2D eigenvalue weighted by Gasteiger charge is -2.20. The molecule has 0 spiro atoms. The molecule has 5 heteroatoms. The summed E-state index contributed by atoms with van der Waals surface area (Å²) in [5, 5.41) is 2.97. The van der Waals surface area contributed by atoms with Crippen molar-refractivity contribution in [1.29, 1.82) is 0 Å². The number of carbonyl (C=O) groups is 1. The van der Waals surface area contributed by atoms with Gasteiger partial charge in [0.15, 0.2) is 11.6 Å². The van der Waals surface area contributed by atoms with Crippen LogP contribution in [0.1, 0.15) is 50.5 Å². The van der Waals surface area contributed by atoms with E-state index in [2.05, 4.69) is 21.9 Å². The third-order valence-corrected chi connectivity index (χ3v) is 3.70. The predicted molar refractivity (Wildman–Crippen MR) is 81.1 cm³/mol. The minimum atomic E-state index is 0.137. The quantitative estimate of drug-likeness (QED) is 0.818. The van der Waals surface area contributed by atoms with Gasteiger partial charge in [-0.2, -0.15) is 0 Å². The van der Waals surface area contributed by atoms with Crippen molar-refractivity contribution in [2.45, 2.75) is 45.6 Å². The topological polar surface area (TPSA) is 64.1 Å². The Bertz CT molecular complexity index is 496. The molecule has 1 aliphatic rings. The number of nitrogens with one attached hydrogen (secondary N) is 1. The molecule has 0 radical (unpaired) electrons.